The highest BCUT2D eigenvalue weighted by Crippen LogP contribution is 2.29. The Kier molecular flexibility index (Phi) is 7.54. The highest BCUT2D eigenvalue weighted by Gasteiger charge is 2.22. The molecule has 0 atom stereocenters. The summed E-state index contributed by atoms with van der Waals surface area (Å²) in [6.45, 7) is 2.74. The first-order valence-electron chi connectivity index (χ1n) is 13.0. The highest BCUT2D eigenvalue weighted by molar-refractivity contribution is 5.92. The first-order chi connectivity index (χ1) is 17.7. The van der Waals surface area contributed by atoms with Crippen LogP contribution >= 0.6 is 0 Å². The van der Waals surface area contributed by atoms with E-state index in [4.69, 9.17) is 0 Å². The van der Waals surface area contributed by atoms with Crippen molar-refractivity contribution in [1.29, 1.82) is 0 Å². The van der Waals surface area contributed by atoms with Gasteiger partial charge < -0.3 is 0 Å². The first-order valence-corrected chi connectivity index (χ1v) is 13.0. The van der Waals surface area contributed by atoms with Crippen molar-refractivity contribution in [2.75, 3.05) is 0 Å². The van der Waals surface area contributed by atoms with E-state index in [1.54, 1.807) is 6.20 Å². The van der Waals surface area contributed by atoms with E-state index in [2.05, 4.69) is 66.9 Å². The van der Waals surface area contributed by atoms with Crippen molar-refractivity contribution >= 4 is 5.78 Å². The number of hydrogen-bond donors (Lipinski definition) is 1. The normalized spacial score (nSPS) is 14.2. The number of Topliss-reactive ketones (excluding diaryl/α,β-unsaturated/α-hetero) is 1. The lowest BCUT2D eigenvalue weighted by atomic mass is 9.86. The Balaban J connectivity index is 1.34. The summed E-state index contributed by atoms with van der Waals surface area (Å²) in [6, 6.07) is 10.2. The number of nitrogens with zero attached hydrogens (tertiary/aromatic N) is 7. The molecule has 3 aromatic heterocycles. The highest BCUT2D eigenvalue weighted by atomic mass is 16.1. The van der Waals surface area contributed by atoms with Gasteiger partial charge >= 0.3 is 0 Å². The number of pyridine rings is 1. The number of aryl methyl sites for hydroxylation is 1. The Morgan fingerprint density at radius 3 is 2.67 bits per heavy atom. The number of rotatable bonds is 10. The lowest BCUT2D eigenvalue weighted by Crippen LogP contribution is -2.13. The maximum absolute atomic E-state index is 13.0. The van der Waals surface area contributed by atoms with Gasteiger partial charge in [-0.15, -0.1) is 15.3 Å². The molecule has 3 heterocycles. The molecular formula is C27H32N8O. The Morgan fingerprint density at radius 2 is 1.92 bits per heavy atom. The molecule has 0 amide bonds. The summed E-state index contributed by atoms with van der Waals surface area (Å²) in [5, 5.41) is 19.1. The number of ketones is 1. The molecule has 36 heavy (non-hydrogen) atoms. The number of aromatic amines is 1. The van der Waals surface area contributed by atoms with Crippen molar-refractivity contribution in [3.63, 3.8) is 0 Å². The minimum atomic E-state index is 0.0827. The molecule has 1 fully saturated rings. The van der Waals surface area contributed by atoms with Crippen LogP contribution in [-0.2, 0) is 13.0 Å². The molecule has 0 saturated heterocycles. The second-order valence-corrected chi connectivity index (χ2v) is 9.60. The van der Waals surface area contributed by atoms with E-state index in [9.17, 15) is 4.79 Å². The maximum atomic E-state index is 13.0. The molecule has 9 heteroatoms. The topological polar surface area (TPSA) is 115 Å². The quantitative estimate of drug-likeness (QED) is 0.313. The van der Waals surface area contributed by atoms with Crippen molar-refractivity contribution in [3.8, 4) is 22.5 Å². The Bertz CT molecular complexity index is 1270. The average molecular weight is 485 g/mol. The van der Waals surface area contributed by atoms with Crippen LogP contribution in [0.25, 0.3) is 22.5 Å². The minimum Gasteiger partial charge on any atom is -0.291 e. The van der Waals surface area contributed by atoms with E-state index in [0.717, 1.165) is 60.2 Å². The van der Waals surface area contributed by atoms with E-state index in [1.807, 2.05) is 16.9 Å². The number of nitrogens with one attached hydrogen (secondary N) is 1. The third-order valence-electron chi connectivity index (χ3n) is 6.96. The summed E-state index contributed by atoms with van der Waals surface area (Å²) in [6.07, 6.45) is 13.1. The molecule has 0 spiro atoms. The summed E-state index contributed by atoms with van der Waals surface area (Å²) in [5.41, 5.74) is 3.91. The van der Waals surface area contributed by atoms with Crippen LogP contribution in [0.2, 0.25) is 0 Å². The van der Waals surface area contributed by atoms with Gasteiger partial charge in [0, 0.05) is 36.4 Å². The summed E-state index contributed by atoms with van der Waals surface area (Å²) < 4.78 is 1.91. The van der Waals surface area contributed by atoms with Crippen LogP contribution in [-0.4, -0.2) is 46.2 Å². The fourth-order valence-electron chi connectivity index (χ4n) is 4.94. The second kappa shape index (κ2) is 11.3. The van der Waals surface area contributed by atoms with Crippen LogP contribution in [0.3, 0.4) is 0 Å². The standard InChI is InChI=1S/C27H32N8O/c1-2-3-9-25-29-27(24(36)16-19-7-5-4-6-8-19)32-35(25)18-20-10-12-21(13-11-20)23-17-28-15-14-22(23)26-30-33-34-31-26/h10-15,17,19H,2-9,16,18H2,1H3,(H,30,31,33,34). The maximum Gasteiger partial charge on any atom is 0.217 e. The molecule has 1 saturated carbocycles. The number of benzene rings is 1. The van der Waals surface area contributed by atoms with Crippen LogP contribution in [0.5, 0.6) is 0 Å². The molecule has 5 rings (SSSR count). The molecule has 1 N–H and O–H groups in total. The molecular weight excluding hydrogens is 452 g/mol. The van der Waals surface area contributed by atoms with Gasteiger partial charge in [0.1, 0.15) is 5.82 Å². The van der Waals surface area contributed by atoms with E-state index < -0.39 is 0 Å². The lowest BCUT2D eigenvalue weighted by Gasteiger charge is -2.19. The van der Waals surface area contributed by atoms with E-state index in [0.29, 0.717) is 30.5 Å². The monoisotopic (exact) mass is 484 g/mol. The zero-order chi connectivity index (χ0) is 24.7. The van der Waals surface area contributed by atoms with E-state index in [1.165, 1.54) is 19.3 Å². The number of unbranched alkanes of at least 4 members (excludes halogenated alkanes) is 1. The van der Waals surface area contributed by atoms with Gasteiger partial charge in [-0.05, 0) is 34.7 Å². The van der Waals surface area contributed by atoms with E-state index in [-0.39, 0.29) is 5.78 Å². The number of carbonyl (C=O) groups excluding carboxylic acids is 1. The predicted molar refractivity (Wildman–Crippen MR) is 136 cm³/mol. The van der Waals surface area contributed by atoms with Gasteiger partial charge in [0.05, 0.1) is 6.54 Å². The zero-order valence-corrected chi connectivity index (χ0v) is 20.7. The fourth-order valence-corrected chi connectivity index (χ4v) is 4.94. The number of carbonyl (C=O) groups is 1. The number of hydrogen-bond acceptors (Lipinski definition) is 7. The number of tetrazole rings is 1. The van der Waals surface area contributed by atoms with Crippen LogP contribution in [0, 0.1) is 5.92 Å². The van der Waals surface area contributed by atoms with Gasteiger partial charge in [-0.1, -0.05) is 69.7 Å². The van der Waals surface area contributed by atoms with Crippen molar-refractivity contribution in [3.05, 3.63) is 59.9 Å². The lowest BCUT2D eigenvalue weighted by molar-refractivity contribution is 0.0939. The molecule has 9 nitrogen and oxygen atoms in total. The van der Waals surface area contributed by atoms with Crippen LogP contribution in [0.1, 0.15) is 80.3 Å². The molecule has 0 unspecified atom stereocenters. The van der Waals surface area contributed by atoms with Gasteiger partial charge in [-0.25, -0.2) is 9.67 Å². The smallest absolute Gasteiger partial charge is 0.217 e. The summed E-state index contributed by atoms with van der Waals surface area (Å²) in [4.78, 5) is 21.9. The SMILES string of the molecule is CCCCc1nc(C(=O)CC2CCCCC2)nn1Cc1ccc(-c2cnccc2-c2nn[nH]n2)cc1. The summed E-state index contributed by atoms with van der Waals surface area (Å²) >= 11 is 0. The van der Waals surface area contributed by atoms with Crippen molar-refractivity contribution in [1.82, 2.24) is 40.4 Å². The Labute approximate surface area is 210 Å². The molecule has 1 aromatic carbocycles. The second-order valence-electron chi connectivity index (χ2n) is 9.60. The summed E-state index contributed by atoms with van der Waals surface area (Å²) in [5.74, 6) is 2.36. The fraction of sp³-hybridized carbons (Fsp3) is 0.444. The van der Waals surface area contributed by atoms with Gasteiger partial charge in [0.2, 0.25) is 17.4 Å². The van der Waals surface area contributed by atoms with Crippen LogP contribution in [0.4, 0.5) is 0 Å². The van der Waals surface area contributed by atoms with E-state index >= 15 is 0 Å². The molecule has 1 aliphatic carbocycles. The predicted octanol–water partition coefficient (Wildman–Crippen LogP) is 5.06. The number of H-pyrrole nitrogens is 1. The molecule has 4 aromatic rings. The van der Waals surface area contributed by atoms with Crippen molar-refractivity contribution in [2.45, 2.75) is 71.3 Å². The molecule has 0 aliphatic heterocycles. The number of aromatic nitrogens is 8. The minimum absolute atomic E-state index is 0.0827. The zero-order valence-electron chi connectivity index (χ0n) is 20.7. The Morgan fingerprint density at radius 1 is 1.08 bits per heavy atom. The molecule has 186 valence electrons. The third kappa shape index (κ3) is 5.56. The molecule has 0 radical (unpaired) electrons. The van der Waals surface area contributed by atoms with Gasteiger partial charge in [-0.2, -0.15) is 5.21 Å². The van der Waals surface area contributed by atoms with Gasteiger partial charge in [0.15, 0.2) is 0 Å². The van der Waals surface area contributed by atoms with Crippen molar-refractivity contribution < 1.29 is 4.79 Å². The Hall–Kier alpha value is -3.75. The van der Waals surface area contributed by atoms with Crippen LogP contribution < -0.4 is 0 Å². The molecule has 0 bridgehead atoms. The largest absolute Gasteiger partial charge is 0.291 e. The van der Waals surface area contributed by atoms with Crippen LogP contribution in [0.15, 0.2) is 42.7 Å². The molecule has 1 aliphatic rings. The average Bonchev–Trinajstić information content (AvgIpc) is 3.59. The summed E-state index contributed by atoms with van der Waals surface area (Å²) in [7, 11) is 0. The van der Waals surface area contributed by atoms with Gasteiger partial charge in [-0.3, -0.25) is 9.78 Å². The van der Waals surface area contributed by atoms with Crippen molar-refractivity contribution in [2.24, 2.45) is 5.92 Å². The third-order valence-corrected chi connectivity index (χ3v) is 6.96. The first kappa shape index (κ1) is 24.0. The van der Waals surface area contributed by atoms with Gasteiger partial charge in [0.25, 0.3) is 0 Å².